The maximum absolute atomic E-state index is 6.13. The molecule has 2 N–H and O–H groups in total. The van der Waals surface area contributed by atoms with E-state index in [2.05, 4.69) is 49.0 Å². The minimum atomic E-state index is 0.653. The second kappa shape index (κ2) is 4.34. The maximum atomic E-state index is 6.13. The van der Waals surface area contributed by atoms with E-state index < -0.39 is 0 Å². The molecule has 1 atom stereocenters. The molecule has 0 saturated carbocycles. The molecule has 16 heavy (non-hydrogen) atoms. The van der Waals surface area contributed by atoms with Crippen LogP contribution in [0.25, 0.3) is 0 Å². The molecule has 1 aromatic carbocycles. The summed E-state index contributed by atoms with van der Waals surface area (Å²) in [6.07, 6.45) is 1.22. The summed E-state index contributed by atoms with van der Waals surface area (Å²) < 4.78 is 0. The quantitative estimate of drug-likeness (QED) is 0.769. The third-order valence-electron chi connectivity index (χ3n) is 3.54. The smallest absolute Gasteiger partial charge is 0.0603 e. The second-order valence-corrected chi connectivity index (χ2v) is 4.86. The number of benzene rings is 1. The standard InChI is InChI=1S/C13H21N3/c1-10-5-4-6-12(13(10)14)16-8-7-11(9-16)15(2)3/h4-6,11H,7-9,14H2,1-3H3. The van der Waals surface area contributed by atoms with Gasteiger partial charge in [0.1, 0.15) is 0 Å². The van der Waals surface area contributed by atoms with Gasteiger partial charge < -0.3 is 15.5 Å². The molecule has 0 amide bonds. The predicted molar refractivity (Wildman–Crippen MR) is 69.9 cm³/mol. The highest BCUT2D eigenvalue weighted by atomic mass is 15.2. The number of nitrogen functional groups attached to an aromatic ring is 1. The number of para-hydroxylation sites is 1. The highest BCUT2D eigenvalue weighted by Gasteiger charge is 2.25. The summed E-state index contributed by atoms with van der Waals surface area (Å²) in [6, 6.07) is 6.93. The summed E-state index contributed by atoms with van der Waals surface area (Å²) in [5.74, 6) is 0. The summed E-state index contributed by atoms with van der Waals surface area (Å²) in [4.78, 5) is 4.69. The third-order valence-corrected chi connectivity index (χ3v) is 3.54. The van der Waals surface area contributed by atoms with E-state index in [-0.39, 0.29) is 0 Å². The van der Waals surface area contributed by atoms with Gasteiger partial charge in [-0.05, 0) is 39.1 Å². The molecule has 0 aromatic heterocycles. The van der Waals surface area contributed by atoms with Crippen LogP contribution in [0.3, 0.4) is 0 Å². The first-order valence-corrected chi connectivity index (χ1v) is 5.86. The van der Waals surface area contributed by atoms with Crippen LogP contribution in [0.4, 0.5) is 11.4 Å². The fourth-order valence-electron chi connectivity index (χ4n) is 2.32. The molecule has 1 fully saturated rings. The van der Waals surface area contributed by atoms with Crippen LogP contribution in [0.2, 0.25) is 0 Å². The number of anilines is 2. The first-order chi connectivity index (χ1) is 7.59. The SMILES string of the molecule is Cc1cccc(N2CCC(N(C)C)C2)c1N. The molecule has 0 bridgehead atoms. The number of likely N-dealkylation sites (N-methyl/N-ethyl adjacent to an activating group) is 1. The van der Waals surface area contributed by atoms with E-state index in [0.717, 1.165) is 18.8 Å². The molecule has 0 aliphatic carbocycles. The van der Waals surface area contributed by atoms with Crippen LogP contribution < -0.4 is 10.6 Å². The minimum absolute atomic E-state index is 0.653. The summed E-state index contributed by atoms with van der Waals surface area (Å²) in [6.45, 7) is 4.26. The van der Waals surface area contributed by atoms with E-state index in [9.17, 15) is 0 Å². The van der Waals surface area contributed by atoms with Crippen LogP contribution in [0.1, 0.15) is 12.0 Å². The number of nitrogens with zero attached hydrogens (tertiary/aromatic N) is 2. The van der Waals surface area contributed by atoms with E-state index in [1.165, 1.54) is 17.7 Å². The van der Waals surface area contributed by atoms with Crippen LogP contribution in [-0.4, -0.2) is 38.1 Å². The van der Waals surface area contributed by atoms with Gasteiger partial charge >= 0.3 is 0 Å². The van der Waals surface area contributed by atoms with E-state index >= 15 is 0 Å². The fraction of sp³-hybridized carbons (Fsp3) is 0.538. The number of aryl methyl sites for hydroxylation is 1. The van der Waals surface area contributed by atoms with Crippen molar-refractivity contribution >= 4 is 11.4 Å². The fourth-order valence-corrected chi connectivity index (χ4v) is 2.32. The molecular formula is C13H21N3. The Morgan fingerprint density at radius 1 is 1.38 bits per heavy atom. The molecule has 2 rings (SSSR count). The van der Waals surface area contributed by atoms with Gasteiger partial charge in [0.15, 0.2) is 0 Å². The van der Waals surface area contributed by atoms with Gasteiger partial charge in [0.25, 0.3) is 0 Å². The summed E-state index contributed by atoms with van der Waals surface area (Å²) in [5, 5.41) is 0. The monoisotopic (exact) mass is 219 g/mol. The van der Waals surface area contributed by atoms with Gasteiger partial charge in [0.2, 0.25) is 0 Å². The number of hydrogen-bond donors (Lipinski definition) is 1. The van der Waals surface area contributed by atoms with E-state index in [1.807, 2.05) is 0 Å². The maximum Gasteiger partial charge on any atom is 0.0603 e. The lowest BCUT2D eigenvalue weighted by molar-refractivity contribution is 0.315. The Balaban J connectivity index is 2.17. The van der Waals surface area contributed by atoms with Crippen LogP contribution in [0.5, 0.6) is 0 Å². The Labute approximate surface area is 97.8 Å². The molecule has 1 aliphatic heterocycles. The van der Waals surface area contributed by atoms with E-state index in [0.29, 0.717) is 6.04 Å². The Morgan fingerprint density at radius 2 is 2.12 bits per heavy atom. The van der Waals surface area contributed by atoms with Crippen LogP contribution in [0.15, 0.2) is 18.2 Å². The lowest BCUT2D eigenvalue weighted by Crippen LogP contribution is -2.31. The topological polar surface area (TPSA) is 32.5 Å². The zero-order valence-electron chi connectivity index (χ0n) is 10.4. The van der Waals surface area contributed by atoms with Gasteiger partial charge in [-0.15, -0.1) is 0 Å². The van der Waals surface area contributed by atoms with Crippen molar-refractivity contribution in [3.05, 3.63) is 23.8 Å². The molecule has 1 unspecified atom stereocenters. The Morgan fingerprint density at radius 3 is 2.75 bits per heavy atom. The van der Waals surface area contributed by atoms with Crippen molar-refractivity contribution in [1.82, 2.24) is 4.90 Å². The first-order valence-electron chi connectivity index (χ1n) is 5.86. The largest absolute Gasteiger partial charge is 0.397 e. The van der Waals surface area contributed by atoms with Gasteiger partial charge in [-0.25, -0.2) is 0 Å². The van der Waals surface area contributed by atoms with Crippen molar-refractivity contribution in [2.45, 2.75) is 19.4 Å². The summed E-state index contributed by atoms with van der Waals surface area (Å²) >= 11 is 0. The van der Waals surface area contributed by atoms with Gasteiger partial charge in [0, 0.05) is 19.1 Å². The zero-order valence-corrected chi connectivity index (χ0v) is 10.4. The second-order valence-electron chi connectivity index (χ2n) is 4.86. The van der Waals surface area contributed by atoms with Gasteiger partial charge in [-0.1, -0.05) is 12.1 Å². The normalized spacial score (nSPS) is 20.8. The van der Waals surface area contributed by atoms with Crippen molar-refractivity contribution in [3.8, 4) is 0 Å². The summed E-state index contributed by atoms with van der Waals surface area (Å²) in [7, 11) is 4.29. The molecule has 0 radical (unpaired) electrons. The number of rotatable bonds is 2. The molecule has 3 heteroatoms. The molecule has 1 aromatic rings. The Kier molecular flexibility index (Phi) is 3.06. The molecule has 1 heterocycles. The molecule has 1 aliphatic rings. The van der Waals surface area contributed by atoms with Crippen molar-refractivity contribution in [2.24, 2.45) is 0 Å². The minimum Gasteiger partial charge on any atom is -0.397 e. The average Bonchev–Trinajstić information content (AvgIpc) is 2.71. The van der Waals surface area contributed by atoms with Crippen LogP contribution in [-0.2, 0) is 0 Å². The Bertz CT molecular complexity index is 373. The third kappa shape index (κ3) is 2.00. The van der Waals surface area contributed by atoms with Crippen molar-refractivity contribution in [1.29, 1.82) is 0 Å². The molecular weight excluding hydrogens is 198 g/mol. The van der Waals surface area contributed by atoms with Crippen molar-refractivity contribution in [3.63, 3.8) is 0 Å². The van der Waals surface area contributed by atoms with Crippen LogP contribution in [0, 0.1) is 6.92 Å². The van der Waals surface area contributed by atoms with Crippen molar-refractivity contribution in [2.75, 3.05) is 37.8 Å². The number of hydrogen-bond acceptors (Lipinski definition) is 3. The summed E-state index contributed by atoms with van der Waals surface area (Å²) in [5.41, 5.74) is 9.43. The Hall–Kier alpha value is -1.22. The molecule has 3 nitrogen and oxygen atoms in total. The average molecular weight is 219 g/mol. The highest BCUT2D eigenvalue weighted by Crippen LogP contribution is 2.29. The van der Waals surface area contributed by atoms with E-state index in [1.54, 1.807) is 0 Å². The highest BCUT2D eigenvalue weighted by molar-refractivity contribution is 5.71. The van der Waals surface area contributed by atoms with E-state index in [4.69, 9.17) is 5.73 Å². The lowest BCUT2D eigenvalue weighted by Gasteiger charge is -2.23. The predicted octanol–water partition coefficient (Wildman–Crippen LogP) is 1.72. The van der Waals surface area contributed by atoms with Crippen LogP contribution >= 0.6 is 0 Å². The van der Waals surface area contributed by atoms with Crippen molar-refractivity contribution < 1.29 is 0 Å². The number of nitrogens with two attached hydrogens (primary N) is 1. The van der Waals surface area contributed by atoms with Gasteiger partial charge in [-0.3, -0.25) is 0 Å². The lowest BCUT2D eigenvalue weighted by atomic mass is 10.1. The van der Waals surface area contributed by atoms with Gasteiger partial charge in [-0.2, -0.15) is 0 Å². The molecule has 88 valence electrons. The first kappa shape index (κ1) is 11.3. The zero-order chi connectivity index (χ0) is 11.7. The van der Waals surface area contributed by atoms with Gasteiger partial charge in [0.05, 0.1) is 11.4 Å². The molecule has 0 spiro atoms. The molecule has 1 saturated heterocycles.